The maximum atomic E-state index is 3.61. The van der Waals surface area contributed by atoms with Crippen molar-refractivity contribution < 1.29 is 0 Å². The number of thiophene rings is 1. The molecule has 0 aliphatic heterocycles. The van der Waals surface area contributed by atoms with Crippen LogP contribution in [-0.4, -0.2) is 0 Å². The molecular formula is C28H20NS. The van der Waals surface area contributed by atoms with E-state index in [1.165, 1.54) is 16.7 Å². The van der Waals surface area contributed by atoms with Crippen LogP contribution < -0.4 is 4.90 Å². The summed E-state index contributed by atoms with van der Waals surface area (Å²) in [5.74, 6) is 0. The molecule has 0 saturated heterocycles. The summed E-state index contributed by atoms with van der Waals surface area (Å²) in [6.07, 6.45) is 0. The molecule has 1 aromatic heterocycles. The van der Waals surface area contributed by atoms with Crippen molar-refractivity contribution in [1.29, 1.82) is 0 Å². The van der Waals surface area contributed by atoms with Crippen molar-refractivity contribution in [2.24, 2.45) is 0 Å². The van der Waals surface area contributed by atoms with Gasteiger partial charge in [-0.1, -0.05) is 97.1 Å². The van der Waals surface area contributed by atoms with E-state index in [1.54, 1.807) is 11.3 Å². The predicted octanol–water partition coefficient (Wildman–Crippen LogP) is 8.35. The van der Waals surface area contributed by atoms with Crippen LogP contribution in [-0.2, 0) is 0 Å². The first-order valence-corrected chi connectivity index (χ1v) is 10.8. The van der Waals surface area contributed by atoms with Gasteiger partial charge < -0.3 is 4.90 Å². The number of para-hydroxylation sites is 2. The Bertz CT molecular complexity index is 1170. The Morgan fingerprint density at radius 3 is 1.43 bits per heavy atom. The molecule has 4 aromatic carbocycles. The van der Waals surface area contributed by atoms with Crippen LogP contribution in [0.2, 0.25) is 0 Å². The first-order valence-electron chi connectivity index (χ1n) is 9.97. The molecular weight excluding hydrogens is 382 g/mol. The molecule has 0 atom stereocenters. The Morgan fingerprint density at radius 2 is 0.933 bits per heavy atom. The van der Waals surface area contributed by atoms with Gasteiger partial charge in [-0.25, -0.2) is 0 Å². The molecule has 0 N–H and O–H groups in total. The van der Waals surface area contributed by atoms with E-state index >= 15 is 0 Å². The van der Waals surface area contributed by atoms with Crippen LogP contribution in [0.4, 0.5) is 16.4 Å². The standard InChI is InChI=1S/C28H20NS/c1-5-13-22(14-6-1)26-21-30-28(27(26)23-15-7-2-8-16-23)29(24-17-9-3-10-18-24)25-19-11-4-12-20-25/h1-20H. The molecule has 30 heavy (non-hydrogen) atoms. The van der Waals surface area contributed by atoms with Gasteiger partial charge in [-0.2, -0.15) is 0 Å². The van der Waals surface area contributed by atoms with E-state index in [2.05, 4.69) is 132 Å². The molecule has 1 nitrogen and oxygen atoms in total. The summed E-state index contributed by atoms with van der Waals surface area (Å²) in [7, 11) is 0. The first-order chi connectivity index (χ1) is 14.9. The second-order valence-corrected chi connectivity index (χ2v) is 7.79. The molecule has 0 bridgehead atoms. The molecule has 0 amide bonds. The minimum Gasteiger partial charge on any atom is -0.301 e. The lowest BCUT2D eigenvalue weighted by Crippen LogP contribution is -2.09. The lowest BCUT2D eigenvalue weighted by Gasteiger charge is -2.25. The first kappa shape index (κ1) is 18.4. The fourth-order valence-electron chi connectivity index (χ4n) is 3.68. The largest absolute Gasteiger partial charge is 0.301 e. The Labute approximate surface area is 181 Å². The van der Waals surface area contributed by atoms with Gasteiger partial charge in [0.15, 0.2) is 0 Å². The summed E-state index contributed by atoms with van der Waals surface area (Å²) < 4.78 is 0. The van der Waals surface area contributed by atoms with Gasteiger partial charge in [0.1, 0.15) is 5.00 Å². The van der Waals surface area contributed by atoms with Crippen LogP contribution in [0.1, 0.15) is 0 Å². The summed E-state index contributed by atoms with van der Waals surface area (Å²) >= 11 is 1.66. The summed E-state index contributed by atoms with van der Waals surface area (Å²) in [4.78, 5) is 2.33. The normalized spacial score (nSPS) is 10.7. The SMILES string of the molecule is [c]1sc(N(c2ccccc2)c2ccccc2)c(-c2ccccc2)c1-c1ccccc1. The maximum Gasteiger partial charge on any atom is 0.109 e. The van der Waals surface area contributed by atoms with Crippen LogP contribution in [0, 0.1) is 5.38 Å². The number of nitrogens with zero attached hydrogens (tertiary/aromatic N) is 1. The zero-order valence-corrected chi connectivity index (χ0v) is 17.2. The fourth-order valence-corrected chi connectivity index (χ4v) is 4.73. The fraction of sp³-hybridized carbons (Fsp3) is 0. The van der Waals surface area contributed by atoms with Gasteiger partial charge in [0.05, 0.1) is 5.38 Å². The molecule has 5 rings (SSSR count). The van der Waals surface area contributed by atoms with Crippen molar-refractivity contribution in [2.75, 3.05) is 4.90 Å². The van der Waals surface area contributed by atoms with Crippen LogP contribution in [0.15, 0.2) is 121 Å². The van der Waals surface area contributed by atoms with Gasteiger partial charge in [0.2, 0.25) is 0 Å². The smallest absolute Gasteiger partial charge is 0.109 e. The number of hydrogen-bond donors (Lipinski definition) is 0. The molecule has 1 heterocycles. The number of benzene rings is 4. The van der Waals surface area contributed by atoms with E-state index in [0.717, 1.165) is 21.9 Å². The van der Waals surface area contributed by atoms with Gasteiger partial charge in [-0.3, -0.25) is 0 Å². The summed E-state index contributed by atoms with van der Waals surface area (Å²) in [5, 5.41) is 4.77. The van der Waals surface area contributed by atoms with E-state index in [9.17, 15) is 0 Å². The third-order valence-electron chi connectivity index (χ3n) is 5.07. The Balaban J connectivity index is 1.78. The summed E-state index contributed by atoms with van der Waals surface area (Å²) in [6.45, 7) is 0. The number of rotatable bonds is 5. The van der Waals surface area contributed by atoms with Crippen LogP contribution in [0.3, 0.4) is 0 Å². The van der Waals surface area contributed by atoms with Crippen molar-refractivity contribution in [3.05, 3.63) is 127 Å². The second-order valence-electron chi connectivity index (χ2n) is 7.00. The lowest BCUT2D eigenvalue weighted by molar-refractivity contribution is 1.32. The zero-order valence-electron chi connectivity index (χ0n) is 16.4. The molecule has 0 aliphatic rings. The van der Waals surface area contributed by atoms with Crippen LogP contribution >= 0.6 is 11.3 Å². The van der Waals surface area contributed by atoms with E-state index in [-0.39, 0.29) is 0 Å². The third-order valence-corrected chi connectivity index (χ3v) is 5.96. The number of hydrogen-bond acceptors (Lipinski definition) is 2. The van der Waals surface area contributed by atoms with E-state index < -0.39 is 0 Å². The Hall–Kier alpha value is -3.62. The van der Waals surface area contributed by atoms with Gasteiger partial charge in [0.25, 0.3) is 0 Å². The lowest BCUT2D eigenvalue weighted by atomic mass is 9.98. The van der Waals surface area contributed by atoms with Gasteiger partial charge in [0, 0.05) is 22.5 Å². The van der Waals surface area contributed by atoms with Crippen molar-refractivity contribution >= 4 is 27.7 Å². The Kier molecular flexibility index (Phi) is 5.15. The maximum absolute atomic E-state index is 3.61. The van der Waals surface area contributed by atoms with Gasteiger partial charge >= 0.3 is 0 Å². The van der Waals surface area contributed by atoms with Crippen LogP contribution in [0.25, 0.3) is 22.3 Å². The third kappa shape index (κ3) is 3.54. The highest BCUT2D eigenvalue weighted by molar-refractivity contribution is 7.15. The molecule has 0 fully saturated rings. The van der Waals surface area contributed by atoms with Gasteiger partial charge in [-0.15, -0.1) is 11.3 Å². The van der Waals surface area contributed by atoms with Crippen molar-refractivity contribution in [3.63, 3.8) is 0 Å². The quantitative estimate of drug-likeness (QED) is 0.285. The molecule has 0 spiro atoms. The molecule has 0 saturated carbocycles. The highest BCUT2D eigenvalue weighted by Crippen LogP contribution is 2.49. The highest BCUT2D eigenvalue weighted by atomic mass is 32.1. The Morgan fingerprint density at radius 1 is 0.500 bits per heavy atom. The van der Waals surface area contributed by atoms with Gasteiger partial charge in [-0.05, 0) is 35.4 Å². The highest BCUT2D eigenvalue weighted by Gasteiger charge is 2.22. The summed E-state index contributed by atoms with van der Waals surface area (Å²) in [5.41, 5.74) is 6.99. The van der Waals surface area contributed by atoms with E-state index in [1.807, 2.05) is 0 Å². The van der Waals surface area contributed by atoms with Crippen molar-refractivity contribution in [3.8, 4) is 22.3 Å². The summed E-state index contributed by atoms with van der Waals surface area (Å²) in [6, 6.07) is 42.2. The molecule has 0 aliphatic carbocycles. The average molecular weight is 403 g/mol. The molecule has 1 radical (unpaired) electrons. The van der Waals surface area contributed by atoms with Crippen molar-refractivity contribution in [1.82, 2.24) is 0 Å². The van der Waals surface area contributed by atoms with E-state index in [0.29, 0.717) is 0 Å². The molecule has 2 heteroatoms. The predicted molar refractivity (Wildman–Crippen MR) is 129 cm³/mol. The second kappa shape index (κ2) is 8.40. The average Bonchev–Trinajstić information content (AvgIpc) is 3.26. The molecule has 143 valence electrons. The minimum absolute atomic E-state index is 1.13. The molecule has 0 unspecified atom stereocenters. The van der Waals surface area contributed by atoms with E-state index in [4.69, 9.17) is 0 Å². The topological polar surface area (TPSA) is 3.24 Å². The monoisotopic (exact) mass is 402 g/mol. The number of anilines is 3. The van der Waals surface area contributed by atoms with Crippen LogP contribution in [0.5, 0.6) is 0 Å². The minimum atomic E-state index is 1.13. The van der Waals surface area contributed by atoms with Crippen molar-refractivity contribution in [2.45, 2.75) is 0 Å². The molecule has 5 aromatic rings. The zero-order chi connectivity index (χ0) is 20.2.